The first-order valence-corrected chi connectivity index (χ1v) is 10.7. The van der Waals surface area contributed by atoms with Gasteiger partial charge in [-0.3, -0.25) is 4.79 Å². The van der Waals surface area contributed by atoms with E-state index in [-0.39, 0.29) is 17.0 Å². The SMILES string of the molecule is CC1=C(C(=O)Nc2ccccc2C(F)(F)F)C(c2ccc(OCc3ccccc3)cc2)NC(=O)N1. The van der Waals surface area contributed by atoms with Crippen LogP contribution in [0.2, 0.25) is 0 Å². The summed E-state index contributed by atoms with van der Waals surface area (Å²) in [6, 6.07) is 19.7. The fourth-order valence-corrected chi connectivity index (χ4v) is 3.77. The molecule has 1 aliphatic heterocycles. The minimum absolute atomic E-state index is 0.0968. The molecule has 9 heteroatoms. The third-order valence-electron chi connectivity index (χ3n) is 5.46. The highest BCUT2D eigenvalue weighted by molar-refractivity contribution is 6.07. The number of amides is 3. The number of rotatable bonds is 6. The van der Waals surface area contributed by atoms with E-state index in [9.17, 15) is 22.8 Å². The van der Waals surface area contributed by atoms with Crippen molar-refractivity contribution in [2.24, 2.45) is 0 Å². The van der Waals surface area contributed by atoms with Gasteiger partial charge in [0, 0.05) is 5.70 Å². The molecule has 0 saturated carbocycles. The maximum atomic E-state index is 13.4. The third-order valence-corrected chi connectivity index (χ3v) is 5.46. The molecule has 1 heterocycles. The Bertz CT molecular complexity index is 1260. The molecule has 3 aromatic rings. The Morgan fingerprint density at radius 1 is 0.971 bits per heavy atom. The fraction of sp³-hybridized carbons (Fsp3) is 0.154. The standard InChI is InChI=1S/C26H22F3N3O3/c1-16-22(24(33)31-21-10-6-5-9-20(21)26(27,28)29)23(32-25(34)30-16)18-11-13-19(14-12-18)35-15-17-7-3-2-4-8-17/h2-14,23H,15H2,1H3,(H,31,33)(H2,30,32,34). The molecule has 0 aliphatic carbocycles. The maximum Gasteiger partial charge on any atom is 0.418 e. The Morgan fingerprint density at radius 3 is 2.31 bits per heavy atom. The van der Waals surface area contributed by atoms with Crippen molar-refractivity contribution in [3.8, 4) is 5.75 Å². The molecule has 6 nitrogen and oxygen atoms in total. The van der Waals surface area contributed by atoms with Crippen molar-refractivity contribution >= 4 is 17.6 Å². The van der Waals surface area contributed by atoms with Gasteiger partial charge in [0.15, 0.2) is 0 Å². The van der Waals surface area contributed by atoms with Crippen molar-refractivity contribution in [1.82, 2.24) is 10.6 Å². The van der Waals surface area contributed by atoms with Crippen LogP contribution in [-0.4, -0.2) is 11.9 Å². The number of benzene rings is 3. The first-order chi connectivity index (χ1) is 16.7. The zero-order valence-electron chi connectivity index (χ0n) is 18.6. The van der Waals surface area contributed by atoms with Crippen LogP contribution in [0.3, 0.4) is 0 Å². The summed E-state index contributed by atoms with van der Waals surface area (Å²) in [6.45, 7) is 1.89. The van der Waals surface area contributed by atoms with Gasteiger partial charge in [-0.05, 0) is 42.3 Å². The van der Waals surface area contributed by atoms with Crippen LogP contribution >= 0.6 is 0 Å². The zero-order valence-corrected chi connectivity index (χ0v) is 18.6. The number of anilines is 1. The van der Waals surface area contributed by atoms with Crippen molar-refractivity contribution in [3.05, 3.63) is 107 Å². The molecule has 0 spiro atoms. The summed E-state index contributed by atoms with van der Waals surface area (Å²) in [5.41, 5.74) is 0.575. The number of carbonyl (C=O) groups is 2. The Kier molecular flexibility index (Phi) is 6.77. The van der Waals surface area contributed by atoms with Crippen molar-refractivity contribution in [2.75, 3.05) is 5.32 Å². The minimum Gasteiger partial charge on any atom is -0.489 e. The summed E-state index contributed by atoms with van der Waals surface area (Å²) in [4.78, 5) is 25.3. The molecule has 3 N–H and O–H groups in total. The monoisotopic (exact) mass is 481 g/mol. The van der Waals surface area contributed by atoms with Crippen molar-refractivity contribution in [3.63, 3.8) is 0 Å². The average Bonchev–Trinajstić information content (AvgIpc) is 2.83. The summed E-state index contributed by atoms with van der Waals surface area (Å²) < 4.78 is 45.9. The highest BCUT2D eigenvalue weighted by atomic mass is 19.4. The van der Waals surface area contributed by atoms with Crippen LogP contribution in [0.4, 0.5) is 23.7 Å². The summed E-state index contributed by atoms with van der Waals surface area (Å²) in [5, 5.41) is 7.53. The number of para-hydroxylation sites is 1. The lowest BCUT2D eigenvalue weighted by Crippen LogP contribution is -2.46. The van der Waals surface area contributed by atoms with Gasteiger partial charge in [-0.2, -0.15) is 13.2 Å². The highest BCUT2D eigenvalue weighted by Crippen LogP contribution is 2.36. The molecule has 1 atom stereocenters. The molecular weight excluding hydrogens is 459 g/mol. The second-order valence-electron chi connectivity index (χ2n) is 7.91. The van der Waals surface area contributed by atoms with Crippen LogP contribution in [0.5, 0.6) is 5.75 Å². The normalized spacial score (nSPS) is 15.8. The van der Waals surface area contributed by atoms with Crippen LogP contribution in [-0.2, 0) is 17.6 Å². The summed E-state index contributed by atoms with van der Waals surface area (Å²) in [7, 11) is 0. The van der Waals surface area contributed by atoms with Gasteiger partial charge in [-0.1, -0.05) is 54.6 Å². The molecule has 0 saturated heterocycles. The number of carbonyl (C=O) groups excluding carboxylic acids is 2. The van der Waals surface area contributed by atoms with E-state index in [1.165, 1.54) is 25.1 Å². The van der Waals surface area contributed by atoms with E-state index in [0.29, 0.717) is 17.9 Å². The summed E-state index contributed by atoms with van der Waals surface area (Å²) in [5.74, 6) is -0.176. The Morgan fingerprint density at radius 2 is 1.63 bits per heavy atom. The smallest absolute Gasteiger partial charge is 0.418 e. The van der Waals surface area contributed by atoms with Crippen molar-refractivity contribution < 1.29 is 27.5 Å². The third kappa shape index (κ3) is 5.63. The van der Waals surface area contributed by atoms with Gasteiger partial charge in [0.1, 0.15) is 12.4 Å². The molecule has 0 aromatic heterocycles. The van der Waals surface area contributed by atoms with E-state index < -0.39 is 29.7 Å². The Hall–Kier alpha value is -4.27. The Labute approximate surface area is 199 Å². The number of nitrogens with one attached hydrogen (secondary N) is 3. The second-order valence-corrected chi connectivity index (χ2v) is 7.91. The van der Waals surface area contributed by atoms with Crippen LogP contribution in [0, 0.1) is 0 Å². The summed E-state index contributed by atoms with van der Waals surface area (Å²) in [6.07, 6.45) is -4.64. The van der Waals surface area contributed by atoms with Gasteiger partial charge in [0.05, 0.1) is 22.9 Å². The molecule has 1 unspecified atom stereocenters. The molecule has 0 radical (unpaired) electrons. The van der Waals surface area contributed by atoms with Gasteiger partial charge in [-0.25, -0.2) is 4.79 Å². The molecule has 180 valence electrons. The van der Waals surface area contributed by atoms with Gasteiger partial charge in [0.2, 0.25) is 0 Å². The average molecular weight is 481 g/mol. The van der Waals surface area contributed by atoms with E-state index in [0.717, 1.165) is 11.6 Å². The Balaban J connectivity index is 1.56. The first kappa shape index (κ1) is 23.9. The van der Waals surface area contributed by atoms with Crippen molar-refractivity contribution in [2.45, 2.75) is 25.7 Å². The van der Waals surface area contributed by atoms with Gasteiger partial charge >= 0.3 is 12.2 Å². The number of allylic oxidation sites excluding steroid dienone is 1. The molecule has 35 heavy (non-hydrogen) atoms. The van der Waals surface area contributed by atoms with Crippen LogP contribution in [0.25, 0.3) is 0 Å². The topological polar surface area (TPSA) is 79.5 Å². The fourth-order valence-electron chi connectivity index (χ4n) is 3.77. The predicted octanol–water partition coefficient (Wildman–Crippen LogP) is 5.55. The van der Waals surface area contributed by atoms with Gasteiger partial charge < -0.3 is 20.7 Å². The van der Waals surface area contributed by atoms with E-state index in [1.54, 1.807) is 24.3 Å². The lowest BCUT2D eigenvalue weighted by molar-refractivity contribution is -0.137. The number of halogens is 3. The molecule has 3 amide bonds. The summed E-state index contributed by atoms with van der Waals surface area (Å²) >= 11 is 0. The van der Waals surface area contributed by atoms with Crippen LogP contribution in [0.1, 0.15) is 29.7 Å². The van der Waals surface area contributed by atoms with Gasteiger partial charge in [0.25, 0.3) is 5.91 Å². The first-order valence-electron chi connectivity index (χ1n) is 10.7. The maximum absolute atomic E-state index is 13.4. The van der Waals surface area contributed by atoms with Crippen LogP contribution < -0.4 is 20.7 Å². The number of ether oxygens (including phenoxy) is 1. The second kappa shape index (κ2) is 9.92. The minimum atomic E-state index is -4.64. The number of alkyl halides is 3. The zero-order chi connectivity index (χ0) is 25.0. The van der Waals surface area contributed by atoms with E-state index in [1.807, 2.05) is 30.3 Å². The highest BCUT2D eigenvalue weighted by Gasteiger charge is 2.35. The number of urea groups is 1. The lowest BCUT2D eigenvalue weighted by Gasteiger charge is -2.29. The molecule has 3 aromatic carbocycles. The van der Waals surface area contributed by atoms with E-state index in [4.69, 9.17) is 4.74 Å². The number of hydrogen-bond acceptors (Lipinski definition) is 3. The molecule has 1 aliphatic rings. The van der Waals surface area contributed by atoms with E-state index in [2.05, 4.69) is 16.0 Å². The largest absolute Gasteiger partial charge is 0.489 e. The van der Waals surface area contributed by atoms with E-state index >= 15 is 0 Å². The number of hydrogen-bond donors (Lipinski definition) is 3. The lowest BCUT2D eigenvalue weighted by atomic mass is 9.94. The molecule has 0 bridgehead atoms. The molecule has 0 fully saturated rings. The van der Waals surface area contributed by atoms with Crippen LogP contribution in [0.15, 0.2) is 90.1 Å². The molecule has 4 rings (SSSR count). The van der Waals surface area contributed by atoms with Crippen molar-refractivity contribution in [1.29, 1.82) is 0 Å². The molecular formula is C26H22F3N3O3. The van der Waals surface area contributed by atoms with Gasteiger partial charge in [-0.15, -0.1) is 0 Å². The quantitative estimate of drug-likeness (QED) is 0.432. The predicted molar refractivity (Wildman–Crippen MR) is 124 cm³/mol.